The van der Waals surface area contributed by atoms with Gasteiger partial charge in [-0.2, -0.15) is 0 Å². The van der Waals surface area contributed by atoms with Crippen molar-refractivity contribution in [2.24, 2.45) is 11.7 Å². The zero-order valence-corrected chi connectivity index (χ0v) is 9.33. The van der Waals surface area contributed by atoms with Gasteiger partial charge in [0.1, 0.15) is 0 Å². The van der Waals surface area contributed by atoms with Gasteiger partial charge in [0.25, 0.3) is 0 Å². The molecule has 2 atom stereocenters. The molecular weight excluding hydrogens is 176 g/mol. The lowest BCUT2D eigenvalue weighted by Crippen LogP contribution is -2.53. The minimum atomic E-state index is 0.0249. The summed E-state index contributed by atoms with van der Waals surface area (Å²) >= 11 is 0. The fraction of sp³-hybridized carbons (Fsp3) is 1.00. The number of nitrogens with zero attached hydrogens (tertiary/aromatic N) is 1. The SMILES string of the molecule is CC1CN(CC(C)(N)C2CC2)CCO1. The average Bonchev–Trinajstić information content (AvgIpc) is 2.84. The van der Waals surface area contributed by atoms with Crippen molar-refractivity contribution in [1.29, 1.82) is 0 Å². The summed E-state index contributed by atoms with van der Waals surface area (Å²) < 4.78 is 5.52. The summed E-state index contributed by atoms with van der Waals surface area (Å²) in [6, 6.07) is 0. The molecule has 1 saturated carbocycles. The van der Waals surface area contributed by atoms with Crippen molar-refractivity contribution >= 4 is 0 Å². The summed E-state index contributed by atoms with van der Waals surface area (Å²) in [6.07, 6.45) is 3.03. The maximum atomic E-state index is 6.32. The Hall–Kier alpha value is -0.120. The topological polar surface area (TPSA) is 38.5 Å². The molecule has 2 rings (SSSR count). The molecule has 0 aromatic rings. The van der Waals surface area contributed by atoms with Gasteiger partial charge in [-0.25, -0.2) is 0 Å². The molecule has 3 heteroatoms. The highest BCUT2D eigenvalue weighted by atomic mass is 16.5. The molecule has 3 nitrogen and oxygen atoms in total. The van der Waals surface area contributed by atoms with Crippen LogP contribution < -0.4 is 5.73 Å². The number of hydrogen-bond donors (Lipinski definition) is 1. The molecule has 0 radical (unpaired) electrons. The molecule has 0 aromatic heterocycles. The minimum Gasteiger partial charge on any atom is -0.376 e. The third kappa shape index (κ3) is 2.47. The van der Waals surface area contributed by atoms with E-state index in [0.717, 1.165) is 32.2 Å². The molecule has 0 spiro atoms. The molecule has 0 amide bonds. The van der Waals surface area contributed by atoms with E-state index in [-0.39, 0.29) is 5.54 Å². The van der Waals surface area contributed by atoms with Crippen molar-refractivity contribution in [3.8, 4) is 0 Å². The summed E-state index contributed by atoms with van der Waals surface area (Å²) in [5, 5.41) is 0. The fourth-order valence-corrected chi connectivity index (χ4v) is 2.39. The maximum absolute atomic E-state index is 6.32. The maximum Gasteiger partial charge on any atom is 0.0674 e. The van der Waals surface area contributed by atoms with Crippen LogP contribution in [0.25, 0.3) is 0 Å². The van der Waals surface area contributed by atoms with Crippen LogP contribution in [0, 0.1) is 5.92 Å². The summed E-state index contributed by atoms with van der Waals surface area (Å²) in [6.45, 7) is 8.32. The number of rotatable bonds is 3. The Morgan fingerprint density at radius 3 is 2.79 bits per heavy atom. The van der Waals surface area contributed by atoms with Crippen molar-refractivity contribution in [1.82, 2.24) is 4.90 Å². The number of ether oxygens (including phenoxy) is 1. The fourth-order valence-electron chi connectivity index (χ4n) is 2.39. The van der Waals surface area contributed by atoms with Crippen molar-refractivity contribution in [2.75, 3.05) is 26.2 Å². The van der Waals surface area contributed by atoms with Crippen LogP contribution in [0.1, 0.15) is 26.7 Å². The van der Waals surface area contributed by atoms with Gasteiger partial charge in [0.05, 0.1) is 12.7 Å². The molecule has 0 bridgehead atoms. The van der Waals surface area contributed by atoms with Gasteiger partial charge in [0, 0.05) is 25.2 Å². The quantitative estimate of drug-likeness (QED) is 0.730. The molecule has 2 unspecified atom stereocenters. The van der Waals surface area contributed by atoms with E-state index in [9.17, 15) is 0 Å². The van der Waals surface area contributed by atoms with Crippen LogP contribution in [0.4, 0.5) is 0 Å². The second kappa shape index (κ2) is 3.80. The first-order valence-corrected chi connectivity index (χ1v) is 5.71. The van der Waals surface area contributed by atoms with E-state index in [4.69, 9.17) is 10.5 Å². The van der Waals surface area contributed by atoms with Crippen LogP contribution >= 0.6 is 0 Å². The molecular formula is C11H22N2O. The van der Waals surface area contributed by atoms with E-state index in [1.165, 1.54) is 12.8 Å². The lowest BCUT2D eigenvalue weighted by molar-refractivity contribution is -0.0252. The Morgan fingerprint density at radius 1 is 1.50 bits per heavy atom. The predicted octanol–water partition coefficient (Wildman–Crippen LogP) is 0.834. The van der Waals surface area contributed by atoms with E-state index in [0.29, 0.717) is 6.10 Å². The van der Waals surface area contributed by atoms with Gasteiger partial charge in [-0.1, -0.05) is 0 Å². The van der Waals surface area contributed by atoms with E-state index in [1.54, 1.807) is 0 Å². The van der Waals surface area contributed by atoms with Gasteiger partial charge < -0.3 is 10.5 Å². The molecule has 1 saturated heterocycles. The summed E-state index contributed by atoms with van der Waals surface area (Å²) in [4.78, 5) is 2.45. The first-order chi connectivity index (χ1) is 6.58. The van der Waals surface area contributed by atoms with Crippen LogP contribution in [0.15, 0.2) is 0 Å². The van der Waals surface area contributed by atoms with Gasteiger partial charge in [-0.05, 0) is 32.6 Å². The monoisotopic (exact) mass is 198 g/mol. The minimum absolute atomic E-state index is 0.0249. The van der Waals surface area contributed by atoms with Crippen LogP contribution in [0.5, 0.6) is 0 Å². The molecule has 2 fully saturated rings. The highest BCUT2D eigenvalue weighted by Crippen LogP contribution is 2.38. The van der Waals surface area contributed by atoms with Crippen molar-refractivity contribution in [3.05, 3.63) is 0 Å². The smallest absolute Gasteiger partial charge is 0.0674 e. The van der Waals surface area contributed by atoms with Gasteiger partial charge in [0.15, 0.2) is 0 Å². The first-order valence-electron chi connectivity index (χ1n) is 5.71. The number of morpholine rings is 1. The predicted molar refractivity (Wildman–Crippen MR) is 57.2 cm³/mol. The standard InChI is InChI=1S/C11H22N2O/c1-9-7-13(5-6-14-9)8-11(2,12)10-3-4-10/h9-10H,3-8,12H2,1-2H3. The second-order valence-electron chi connectivity index (χ2n) is 5.20. The zero-order chi connectivity index (χ0) is 10.2. The van der Waals surface area contributed by atoms with Crippen LogP contribution in [0.3, 0.4) is 0 Å². The highest BCUT2D eigenvalue weighted by Gasteiger charge is 2.39. The normalized spacial score (nSPS) is 34.1. The Kier molecular flexibility index (Phi) is 2.82. The molecule has 14 heavy (non-hydrogen) atoms. The molecule has 0 aromatic carbocycles. The lowest BCUT2D eigenvalue weighted by Gasteiger charge is -2.37. The Labute approximate surface area is 86.6 Å². The zero-order valence-electron chi connectivity index (χ0n) is 9.33. The van der Waals surface area contributed by atoms with Crippen LogP contribution in [0.2, 0.25) is 0 Å². The Balaban J connectivity index is 1.83. The third-order valence-electron chi connectivity index (χ3n) is 3.40. The molecule has 1 aliphatic carbocycles. The third-order valence-corrected chi connectivity index (χ3v) is 3.40. The molecule has 1 aliphatic heterocycles. The van der Waals surface area contributed by atoms with Crippen LogP contribution in [-0.4, -0.2) is 42.8 Å². The average molecular weight is 198 g/mol. The molecule has 2 aliphatic rings. The van der Waals surface area contributed by atoms with E-state index < -0.39 is 0 Å². The second-order valence-corrected chi connectivity index (χ2v) is 5.20. The van der Waals surface area contributed by atoms with E-state index in [2.05, 4.69) is 18.7 Å². The van der Waals surface area contributed by atoms with Crippen molar-refractivity contribution in [3.63, 3.8) is 0 Å². The van der Waals surface area contributed by atoms with Gasteiger partial charge in [-0.15, -0.1) is 0 Å². The van der Waals surface area contributed by atoms with Gasteiger partial charge in [0.2, 0.25) is 0 Å². The highest BCUT2D eigenvalue weighted by molar-refractivity contribution is 4.97. The van der Waals surface area contributed by atoms with Gasteiger partial charge in [-0.3, -0.25) is 4.90 Å². The van der Waals surface area contributed by atoms with E-state index in [1.807, 2.05) is 0 Å². The van der Waals surface area contributed by atoms with E-state index >= 15 is 0 Å². The largest absolute Gasteiger partial charge is 0.376 e. The molecule has 2 N–H and O–H groups in total. The lowest BCUT2D eigenvalue weighted by atomic mass is 9.96. The molecule has 82 valence electrons. The first kappa shape index (κ1) is 10.4. The summed E-state index contributed by atoms with van der Waals surface area (Å²) in [5.74, 6) is 0.764. The summed E-state index contributed by atoms with van der Waals surface area (Å²) in [7, 11) is 0. The van der Waals surface area contributed by atoms with Gasteiger partial charge >= 0.3 is 0 Å². The Morgan fingerprint density at radius 2 is 2.21 bits per heavy atom. The van der Waals surface area contributed by atoms with Crippen LogP contribution in [-0.2, 0) is 4.74 Å². The number of hydrogen-bond acceptors (Lipinski definition) is 3. The molecule has 1 heterocycles. The van der Waals surface area contributed by atoms with Crippen molar-refractivity contribution < 1.29 is 4.74 Å². The summed E-state index contributed by atoms with van der Waals surface area (Å²) in [5.41, 5.74) is 6.34. The van der Waals surface area contributed by atoms with Crippen molar-refractivity contribution in [2.45, 2.75) is 38.3 Å². The number of nitrogens with two attached hydrogens (primary N) is 1. The Bertz CT molecular complexity index is 201.